The van der Waals surface area contributed by atoms with Crippen LogP contribution in [0.1, 0.15) is 56.0 Å². The fourth-order valence-corrected chi connectivity index (χ4v) is 2.23. The van der Waals surface area contributed by atoms with Gasteiger partial charge in [-0.3, -0.25) is 0 Å². The number of rotatable bonds is 4. The summed E-state index contributed by atoms with van der Waals surface area (Å²) in [7, 11) is 2.16. The number of hydrogen-bond acceptors (Lipinski definition) is 0. The van der Waals surface area contributed by atoms with E-state index in [1.807, 2.05) is 0 Å². The molecule has 14 heavy (non-hydrogen) atoms. The summed E-state index contributed by atoms with van der Waals surface area (Å²) in [5.74, 6) is 0.764. The molecule has 0 radical (unpaired) electrons. The van der Waals surface area contributed by atoms with Crippen molar-refractivity contribution in [3.8, 4) is 0 Å². The van der Waals surface area contributed by atoms with Crippen molar-refractivity contribution in [3.05, 3.63) is 23.0 Å². The van der Waals surface area contributed by atoms with Gasteiger partial charge >= 0.3 is 0 Å². The lowest BCUT2D eigenvalue weighted by Gasteiger charge is -2.14. The molecule has 0 saturated heterocycles. The fraction of sp³-hybridized carbons (Fsp3) is 0.692. The molecule has 0 aliphatic carbocycles. The molecule has 1 aromatic heterocycles. The third kappa shape index (κ3) is 2.02. The van der Waals surface area contributed by atoms with Gasteiger partial charge in [0.25, 0.3) is 0 Å². The molecule has 1 heteroatoms. The molecule has 0 aromatic carbocycles. The standard InChI is InChI=1S/C13H23N/c1-6-8-12(7-2)13-9-10(3)14(5)11(13)4/h9,12H,6-8H2,1-5H3. The lowest BCUT2D eigenvalue weighted by atomic mass is 9.92. The molecule has 0 aliphatic heterocycles. The molecule has 80 valence electrons. The molecule has 0 aliphatic rings. The minimum Gasteiger partial charge on any atom is -0.352 e. The highest BCUT2D eigenvalue weighted by Gasteiger charge is 2.14. The zero-order valence-corrected chi connectivity index (χ0v) is 10.2. The Bertz CT molecular complexity index is 296. The third-order valence-electron chi connectivity index (χ3n) is 3.38. The molecule has 1 aromatic rings. The van der Waals surface area contributed by atoms with Crippen LogP contribution in [-0.2, 0) is 7.05 Å². The van der Waals surface area contributed by atoms with Gasteiger partial charge in [-0.25, -0.2) is 0 Å². The highest BCUT2D eigenvalue weighted by molar-refractivity contribution is 5.29. The summed E-state index contributed by atoms with van der Waals surface area (Å²) in [5, 5.41) is 0. The maximum atomic E-state index is 2.36. The van der Waals surface area contributed by atoms with Gasteiger partial charge in [-0.2, -0.15) is 0 Å². The Kier molecular flexibility index (Phi) is 3.79. The predicted octanol–water partition coefficient (Wildman–Crippen LogP) is 3.94. The Labute approximate surface area is 88.1 Å². The predicted molar refractivity (Wildman–Crippen MR) is 62.8 cm³/mol. The van der Waals surface area contributed by atoms with Gasteiger partial charge in [-0.05, 0) is 44.2 Å². The first-order chi connectivity index (χ1) is 6.61. The van der Waals surface area contributed by atoms with Crippen molar-refractivity contribution in [2.75, 3.05) is 0 Å². The largest absolute Gasteiger partial charge is 0.352 e. The van der Waals surface area contributed by atoms with Crippen LogP contribution < -0.4 is 0 Å². The Morgan fingerprint density at radius 3 is 2.29 bits per heavy atom. The van der Waals surface area contributed by atoms with Gasteiger partial charge in [-0.15, -0.1) is 0 Å². The van der Waals surface area contributed by atoms with Crippen molar-refractivity contribution in [2.24, 2.45) is 7.05 Å². The van der Waals surface area contributed by atoms with Crippen molar-refractivity contribution in [1.29, 1.82) is 0 Å². The van der Waals surface area contributed by atoms with E-state index in [0.29, 0.717) is 0 Å². The van der Waals surface area contributed by atoms with Gasteiger partial charge in [0.15, 0.2) is 0 Å². The highest BCUT2D eigenvalue weighted by Crippen LogP contribution is 2.29. The first-order valence-corrected chi connectivity index (χ1v) is 5.74. The van der Waals surface area contributed by atoms with Gasteiger partial charge in [0.1, 0.15) is 0 Å². The van der Waals surface area contributed by atoms with Crippen LogP contribution in [0, 0.1) is 13.8 Å². The Hall–Kier alpha value is -0.720. The monoisotopic (exact) mass is 193 g/mol. The molecule has 0 spiro atoms. The zero-order valence-electron chi connectivity index (χ0n) is 10.2. The summed E-state index contributed by atoms with van der Waals surface area (Å²) in [6.45, 7) is 8.99. The Morgan fingerprint density at radius 2 is 1.93 bits per heavy atom. The topological polar surface area (TPSA) is 4.93 Å². The van der Waals surface area contributed by atoms with Crippen LogP contribution in [0.2, 0.25) is 0 Å². The quantitative estimate of drug-likeness (QED) is 0.682. The molecule has 1 heterocycles. The van der Waals surface area contributed by atoms with Crippen molar-refractivity contribution < 1.29 is 0 Å². The first-order valence-electron chi connectivity index (χ1n) is 5.74. The maximum absolute atomic E-state index is 2.36. The van der Waals surface area contributed by atoms with Crippen molar-refractivity contribution in [2.45, 2.75) is 52.9 Å². The molecule has 1 atom stereocenters. The molecule has 1 unspecified atom stereocenters. The average molecular weight is 193 g/mol. The summed E-state index contributed by atoms with van der Waals surface area (Å²) in [6, 6.07) is 2.36. The number of aromatic nitrogens is 1. The molecule has 0 amide bonds. The molecule has 1 nitrogen and oxygen atoms in total. The van der Waals surface area contributed by atoms with Crippen LogP contribution in [0.25, 0.3) is 0 Å². The summed E-state index contributed by atoms with van der Waals surface area (Å²) < 4.78 is 2.30. The van der Waals surface area contributed by atoms with Gasteiger partial charge in [0, 0.05) is 18.4 Å². The van der Waals surface area contributed by atoms with Crippen molar-refractivity contribution in [3.63, 3.8) is 0 Å². The number of hydrogen-bond donors (Lipinski definition) is 0. The Morgan fingerprint density at radius 1 is 1.29 bits per heavy atom. The van der Waals surface area contributed by atoms with Crippen LogP contribution >= 0.6 is 0 Å². The SMILES string of the molecule is CCCC(CC)c1cc(C)n(C)c1C. The minimum absolute atomic E-state index is 0.764. The van der Waals surface area contributed by atoms with E-state index in [2.05, 4.69) is 45.4 Å². The molecule has 1 rings (SSSR count). The lowest BCUT2D eigenvalue weighted by Crippen LogP contribution is -2.00. The van der Waals surface area contributed by atoms with Crippen LogP contribution in [0.4, 0.5) is 0 Å². The van der Waals surface area contributed by atoms with Crippen LogP contribution in [0.3, 0.4) is 0 Å². The molecule has 0 fully saturated rings. The zero-order chi connectivity index (χ0) is 10.7. The molecule has 0 saturated carbocycles. The smallest absolute Gasteiger partial charge is 0.0178 e. The second-order valence-electron chi connectivity index (χ2n) is 4.28. The maximum Gasteiger partial charge on any atom is 0.0178 e. The highest BCUT2D eigenvalue weighted by atomic mass is 14.9. The van der Waals surface area contributed by atoms with E-state index in [4.69, 9.17) is 0 Å². The van der Waals surface area contributed by atoms with Gasteiger partial charge in [-0.1, -0.05) is 20.3 Å². The van der Waals surface area contributed by atoms with E-state index in [1.54, 1.807) is 5.56 Å². The average Bonchev–Trinajstić information content (AvgIpc) is 2.42. The second kappa shape index (κ2) is 4.68. The summed E-state index contributed by atoms with van der Waals surface area (Å²) in [6.07, 6.45) is 3.87. The van der Waals surface area contributed by atoms with E-state index in [0.717, 1.165) is 5.92 Å². The Balaban J connectivity index is 2.98. The normalized spacial score (nSPS) is 13.2. The fourth-order valence-electron chi connectivity index (χ4n) is 2.23. The van der Waals surface area contributed by atoms with Crippen LogP contribution in [0.5, 0.6) is 0 Å². The van der Waals surface area contributed by atoms with E-state index in [-0.39, 0.29) is 0 Å². The van der Waals surface area contributed by atoms with Crippen molar-refractivity contribution >= 4 is 0 Å². The minimum atomic E-state index is 0.764. The second-order valence-corrected chi connectivity index (χ2v) is 4.28. The summed E-state index contributed by atoms with van der Waals surface area (Å²) in [5.41, 5.74) is 4.39. The third-order valence-corrected chi connectivity index (χ3v) is 3.38. The van der Waals surface area contributed by atoms with Crippen molar-refractivity contribution in [1.82, 2.24) is 4.57 Å². The lowest BCUT2D eigenvalue weighted by molar-refractivity contribution is 0.591. The molecule has 0 N–H and O–H groups in total. The van der Waals surface area contributed by atoms with Gasteiger partial charge in [0.2, 0.25) is 0 Å². The number of aryl methyl sites for hydroxylation is 1. The summed E-state index contributed by atoms with van der Waals surface area (Å²) in [4.78, 5) is 0. The van der Waals surface area contributed by atoms with Crippen LogP contribution in [0.15, 0.2) is 6.07 Å². The molecule has 0 bridgehead atoms. The van der Waals surface area contributed by atoms with E-state index < -0.39 is 0 Å². The van der Waals surface area contributed by atoms with Crippen LogP contribution in [-0.4, -0.2) is 4.57 Å². The van der Waals surface area contributed by atoms with E-state index >= 15 is 0 Å². The van der Waals surface area contributed by atoms with E-state index in [9.17, 15) is 0 Å². The molecular weight excluding hydrogens is 170 g/mol. The first kappa shape index (κ1) is 11.4. The van der Waals surface area contributed by atoms with Gasteiger partial charge in [0.05, 0.1) is 0 Å². The number of nitrogens with zero attached hydrogens (tertiary/aromatic N) is 1. The van der Waals surface area contributed by atoms with Gasteiger partial charge < -0.3 is 4.57 Å². The molecular formula is C13H23N. The van der Waals surface area contributed by atoms with E-state index in [1.165, 1.54) is 30.7 Å². The summed E-state index contributed by atoms with van der Waals surface area (Å²) >= 11 is 0.